The summed E-state index contributed by atoms with van der Waals surface area (Å²) in [7, 11) is 0. The summed E-state index contributed by atoms with van der Waals surface area (Å²) in [6.07, 6.45) is 3.44. The zero-order valence-corrected chi connectivity index (χ0v) is 14.6. The molecule has 0 aromatic heterocycles. The van der Waals surface area contributed by atoms with Gasteiger partial charge in [-0.1, -0.05) is 28.9 Å². The number of piperidine rings is 1. The smallest absolute Gasteiger partial charge is 0.254 e. The lowest BCUT2D eigenvalue weighted by atomic mass is 9.98. The number of carbonyl (C=O) groups excluding carboxylic acids is 1. The minimum absolute atomic E-state index is 0.168. The highest BCUT2D eigenvalue weighted by atomic mass is 79.9. The first-order valence-electron chi connectivity index (χ1n) is 7.88. The van der Waals surface area contributed by atoms with Crippen LogP contribution in [0.5, 0.6) is 0 Å². The molecule has 1 unspecified atom stereocenters. The van der Waals surface area contributed by atoms with Crippen LogP contribution in [0.3, 0.4) is 0 Å². The van der Waals surface area contributed by atoms with Gasteiger partial charge in [0.2, 0.25) is 0 Å². The Morgan fingerprint density at radius 1 is 1.48 bits per heavy atom. The maximum atomic E-state index is 12.9. The fourth-order valence-electron chi connectivity index (χ4n) is 2.95. The van der Waals surface area contributed by atoms with E-state index >= 15 is 0 Å². The van der Waals surface area contributed by atoms with Crippen molar-refractivity contribution in [3.05, 3.63) is 33.8 Å². The van der Waals surface area contributed by atoms with Gasteiger partial charge < -0.3 is 10.2 Å². The van der Waals surface area contributed by atoms with Crippen molar-refractivity contribution >= 4 is 21.8 Å². The van der Waals surface area contributed by atoms with Gasteiger partial charge in [-0.3, -0.25) is 4.79 Å². The number of rotatable bonds is 5. The van der Waals surface area contributed by atoms with E-state index in [2.05, 4.69) is 28.2 Å². The third-order valence-electron chi connectivity index (χ3n) is 4.16. The molecule has 0 aliphatic carbocycles. The molecule has 1 aliphatic heterocycles. The van der Waals surface area contributed by atoms with E-state index in [1.807, 2.05) is 30.0 Å². The third kappa shape index (κ3) is 4.30. The van der Waals surface area contributed by atoms with Gasteiger partial charge in [-0.2, -0.15) is 0 Å². The largest absolute Gasteiger partial charge is 0.338 e. The van der Waals surface area contributed by atoms with Gasteiger partial charge in [0, 0.05) is 23.1 Å². The standard InChI is InChI=1S/C17H25BrN2O/c1-3-10-20(12-14-6-5-9-19-11-14)17(21)15-7-4-8-16(18)13(15)2/h4,7-8,14,19H,3,5-6,9-12H2,1-2H3. The first kappa shape index (κ1) is 16.5. The van der Waals surface area contributed by atoms with Gasteiger partial charge in [-0.05, 0) is 62.9 Å². The Morgan fingerprint density at radius 2 is 2.29 bits per heavy atom. The average molecular weight is 353 g/mol. The zero-order chi connectivity index (χ0) is 15.2. The molecule has 2 rings (SSSR count). The molecule has 1 N–H and O–H groups in total. The minimum atomic E-state index is 0.168. The number of amides is 1. The molecular weight excluding hydrogens is 328 g/mol. The van der Waals surface area contributed by atoms with Crippen LogP contribution in [0.2, 0.25) is 0 Å². The molecule has 1 amide bonds. The van der Waals surface area contributed by atoms with Gasteiger partial charge in [0.15, 0.2) is 0 Å². The second kappa shape index (κ2) is 7.95. The Morgan fingerprint density at radius 3 is 2.95 bits per heavy atom. The third-order valence-corrected chi connectivity index (χ3v) is 5.02. The highest BCUT2D eigenvalue weighted by Gasteiger charge is 2.22. The predicted molar refractivity (Wildman–Crippen MR) is 90.7 cm³/mol. The maximum Gasteiger partial charge on any atom is 0.254 e. The van der Waals surface area contributed by atoms with Crippen molar-refractivity contribution in [1.82, 2.24) is 10.2 Å². The lowest BCUT2D eigenvalue weighted by molar-refractivity contribution is 0.0718. The molecule has 1 fully saturated rings. The molecule has 116 valence electrons. The van der Waals surface area contributed by atoms with Gasteiger partial charge in [-0.15, -0.1) is 0 Å². The van der Waals surface area contributed by atoms with Crippen molar-refractivity contribution in [2.24, 2.45) is 5.92 Å². The minimum Gasteiger partial charge on any atom is -0.338 e. The molecule has 1 atom stereocenters. The van der Waals surface area contributed by atoms with E-state index in [0.29, 0.717) is 5.92 Å². The van der Waals surface area contributed by atoms with Gasteiger partial charge in [-0.25, -0.2) is 0 Å². The molecular formula is C17H25BrN2O. The van der Waals surface area contributed by atoms with Crippen LogP contribution in [0, 0.1) is 12.8 Å². The van der Waals surface area contributed by atoms with Gasteiger partial charge in [0.1, 0.15) is 0 Å². The monoisotopic (exact) mass is 352 g/mol. The summed E-state index contributed by atoms with van der Waals surface area (Å²) < 4.78 is 1.00. The highest BCUT2D eigenvalue weighted by Crippen LogP contribution is 2.22. The topological polar surface area (TPSA) is 32.3 Å². The van der Waals surface area contributed by atoms with E-state index in [1.165, 1.54) is 12.8 Å². The van der Waals surface area contributed by atoms with Crippen LogP contribution in [-0.2, 0) is 0 Å². The molecule has 21 heavy (non-hydrogen) atoms. The fraction of sp³-hybridized carbons (Fsp3) is 0.588. The van der Waals surface area contributed by atoms with E-state index in [1.54, 1.807) is 0 Å². The number of hydrogen-bond acceptors (Lipinski definition) is 2. The Labute approximate surface area is 136 Å². The summed E-state index contributed by atoms with van der Waals surface area (Å²) in [4.78, 5) is 14.9. The lowest BCUT2D eigenvalue weighted by Gasteiger charge is -2.30. The van der Waals surface area contributed by atoms with Crippen molar-refractivity contribution < 1.29 is 4.79 Å². The van der Waals surface area contributed by atoms with Gasteiger partial charge >= 0.3 is 0 Å². The number of carbonyl (C=O) groups is 1. The van der Waals surface area contributed by atoms with Crippen LogP contribution in [0.25, 0.3) is 0 Å². The van der Waals surface area contributed by atoms with Crippen LogP contribution in [0.4, 0.5) is 0 Å². The van der Waals surface area contributed by atoms with E-state index < -0.39 is 0 Å². The molecule has 4 heteroatoms. The molecule has 1 saturated heterocycles. The Balaban J connectivity index is 2.12. The summed E-state index contributed by atoms with van der Waals surface area (Å²) in [5, 5.41) is 3.44. The first-order valence-corrected chi connectivity index (χ1v) is 8.68. The van der Waals surface area contributed by atoms with E-state index in [9.17, 15) is 4.79 Å². The molecule has 1 aromatic rings. The van der Waals surface area contributed by atoms with Crippen molar-refractivity contribution in [3.63, 3.8) is 0 Å². The Kier molecular flexibility index (Phi) is 6.24. The first-order chi connectivity index (χ1) is 10.1. The van der Waals surface area contributed by atoms with Crippen LogP contribution < -0.4 is 5.32 Å². The van der Waals surface area contributed by atoms with Crippen LogP contribution in [0.1, 0.15) is 42.1 Å². The summed E-state index contributed by atoms with van der Waals surface area (Å²) in [6, 6.07) is 5.86. The van der Waals surface area contributed by atoms with Crippen molar-refractivity contribution in [2.75, 3.05) is 26.2 Å². The molecule has 1 aromatic carbocycles. The molecule has 0 saturated carbocycles. The summed E-state index contributed by atoms with van der Waals surface area (Å²) in [5.41, 5.74) is 1.85. The molecule has 3 nitrogen and oxygen atoms in total. The quantitative estimate of drug-likeness (QED) is 0.877. The molecule has 0 spiro atoms. The van der Waals surface area contributed by atoms with E-state index in [-0.39, 0.29) is 5.91 Å². The number of benzene rings is 1. The van der Waals surface area contributed by atoms with Crippen molar-refractivity contribution in [2.45, 2.75) is 33.1 Å². The Bertz CT molecular complexity index is 484. The number of nitrogens with zero attached hydrogens (tertiary/aromatic N) is 1. The van der Waals surface area contributed by atoms with Crippen LogP contribution >= 0.6 is 15.9 Å². The summed E-state index contributed by atoms with van der Waals surface area (Å²) in [5.74, 6) is 0.753. The molecule has 1 aliphatic rings. The molecule has 0 bridgehead atoms. The van der Waals surface area contributed by atoms with Gasteiger partial charge in [0.25, 0.3) is 5.91 Å². The Hall–Kier alpha value is -0.870. The average Bonchev–Trinajstić information content (AvgIpc) is 2.50. The maximum absolute atomic E-state index is 12.9. The van der Waals surface area contributed by atoms with E-state index in [0.717, 1.165) is 48.2 Å². The predicted octanol–water partition coefficient (Wildman–Crippen LogP) is 3.61. The molecule has 0 radical (unpaired) electrons. The van der Waals surface area contributed by atoms with Gasteiger partial charge in [0.05, 0.1) is 0 Å². The SMILES string of the molecule is CCCN(CC1CCCNC1)C(=O)c1cccc(Br)c1C. The number of halogens is 1. The number of hydrogen-bond donors (Lipinski definition) is 1. The summed E-state index contributed by atoms with van der Waals surface area (Å²) >= 11 is 3.52. The van der Waals surface area contributed by atoms with Crippen LogP contribution in [0.15, 0.2) is 22.7 Å². The molecule has 1 heterocycles. The lowest BCUT2D eigenvalue weighted by Crippen LogP contribution is -2.41. The zero-order valence-electron chi connectivity index (χ0n) is 13.0. The second-order valence-electron chi connectivity index (χ2n) is 5.88. The second-order valence-corrected chi connectivity index (χ2v) is 6.73. The van der Waals surface area contributed by atoms with Crippen molar-refractivity contribution in [3.8, 4) is 0 Å². The van der Waals surface area contributed by atoms with Crippen molar-refractivity contribution in [1.29, 1.82) is 0 Å². The number of nitrogens with one attached hydrogen (secondary N) is 1. The highest BCUT2D eigenvalue weighted by molar-refractivity contribution is 9.10. The fourth-order valence-corrected chi connectivity index (χ4v) is 3.31. The summed E-state index contributed by atoms with van der Waals surface area (Å²) in [6.45, 7) is 7.98. The normalized spacial score (nSPS) is 18.5. The van der Waals surface area contributed by atoms with Crippen LogP contribution in [-0.4, -0.2) is 37.0 Å². The van der Waals surface area contributed by atoms with E-state index in [4.69, 9.17) is 0 Å².